The average molecular weight is 376 g/mol. The summed E-state index contributed by atoms with van der Waals surface area (Å²) in [5.41, 5.74) is 2.23. The smallest absolute Gasteiger partial charge is 0.170 e. The van der Waals surface area contributed by atoms with Crippen LogP contribution < -0.4 is 5.32 Å². The highest BCUT2D eigenvalue weighted by molar-refractivity contribution is 6.08. The molecular weight excluding hydrogens is 356 g/mol. The standard InChI is InChI=1S/C21H20N4O3/c26-16-10-15(17-6-3-9-28-17)20(25-12-22-11-24-25)21(27)18(16)19-14-5-2-1-4-13(14)7-8-23-19/h1-6,9,11-12,15,18-20,23H,7-8,10H2. The van der Waals surface area contributed by atoms with E-state index in [1.54, 1.807) is 17.0 Å². The van der Waals surface area contributed by atoms with E-state index in [-0.39, 0.29) is 29.9 Å². The van der Waals surface area contributed by atoms with Crippen molar-refractivity contribution in [1.82, 2.24) is 20.1 Å². The molecule has 4 unspecified atom stereocenters. The van der Waals surface area contributed by atoms with Gasteiger partial charge in [0.1, 0.15) is 30.2 Å². The second-order valence-corrected chi connectivity index (χ2v) is 7.37. The van der Waals surface area contributed by atoms with Crippen LogP contribution in [0.2, 0.25) is 0 Å². The number of fused-ring (bicyclic) bond motifs is 1. The van der Waals surface area contributed by atoms with Gasteiger partial charge in [0.25, 0.3) is 0 Å². The summed E-state index contributed by atoms with van der Waals surface area (Å²) in [5, 5.41) is 7.62. The monoisotopic (exact) mass is 376 g/mol. The van der Waals surface area contributed by atoms with Crippen molar-refractivity contribution in [2.45, 2.75) is 30.8 Å². The highest BCUT2D eigenvalue weighted by atomic mass is 16.3. The van der Waals surface area contributed by atoms with Gasteiger partial charge < -0.3 is 9.73 Å². The number of rotatable bonds is 3. The number of Topliss-reactive ketones (excluding diaryl/α,β-unsaturated/α-hetero) is 2. The second-order valence-electron chi connectivity index (χ2n) is 7.37. The maximum absolute atomic E-state index is 13.7. The van der Waals surface area contributed by atoms with E-state index in [1.807, 2.05) is 24.3 Å². The molecule has 0 bridgehead atoms. The van der Waals surface area contributed by atoms with Crippen molar-refractivity contribution in [2.75, 3.05) is 6.54 Å². The van der Waals surface area contributed by atoms with E-state index in [2.05, 4.69) is 21.5 Å². The third kappa shape index (κ3) is 2.70. The van der Waals surface area contributed by atoms with Crippen LogP contribution in [0.1, 0.15) is 41.3 Å². The molecule has 142 valence electrons. The Kier molecular flexibility index (Phi) is 4.16. The SMILES string of the molecule is O=C1CC(c2ccco2)C(n2cncn2)C(=O)C1C1NCCc2ccccc21. The summed E-state index contributed by atoms with van der Waals surface area (Å²) in [7, 11) is 0. The molecule has 1 aliphatic heterocycles. The van der Waals surface area contributed by atoms with Crippen LogP contribution in [0.4, 0.5) is 0 Å². The van der Waals surface area contributed by atoms with Gasteiger partial charge in [-0.3, -0.25) is 9.59 Å². The Morgan fingerprint density at radius 3 is 2.82 bits per heavy atom. The van der Waals surface area contributed by atoms with E-state index >= 15 is 0 Å². The zero-order chi connectivity index (χ0) is 19.1. The van der Waals surface area contributed by atoms with Gasteiger partial charge in [-0.15, -0.1) is 0 Å². The lowest BCUT2D eigenvalue weighted by atomic mass is 9.70. The van der Waals surface area contributed by atoms with Gasteiger partial charge in [-0.1, -0.05) is 24.3 Å². The molecule has 2 aliphatic rings. The number of benzene rings is 1. The van der Waals surface area contributed by atoms with E-state index in [9.17, 15) is 9.59 Å². The van der Waals surface area contributed by atoms with Crippen LogP contribution in [0, 0.1) is 5.92 Å². The first-order valence-corrected chi connectivity index (χ1v) is 9.49. The number of furan rings is 1. The molecule has 7 heteroatoms. The average Bonchev–Trinajstić information content (AvgIpc) is 3.42. The molecule has 5 rings (SSSR count). The highest BCUT2D eigenvalue weighted by Gasteiger charge is 2.50. The van der Waals surface area contributed by atoms with Crippen molar-refractivity contribution in [3.63, 3.8) is 0 Å². The zero-order valence-corrected chi connectivity index (χ0v) is 15.2. The first-order valence-electron chi connectivity index (χ1n) is 9.49. The van der Waals surface area contributed by atoms with Crippen LogP contribution in [0.15, 0.2) is 59.7 Å². The van der Waals surface area contributed by atoms with E-state index < -0.39 is 12.0 Å². The number of hydrogen-bond donors (Lipinski definition) is 1. The van der Waals surface area contributed by atoms with Crippen molar-refractivity contribution in [3.8, 4) is 0 Å². The van der Waals surface area contributed by atoms with E-state index in [0.29, 0.717) is 5.76 Å². The van der Waals surface area contributed by atoms with Crippen LogP contribution in [0.5, 0.6) is 0 Å². The Hall–Kier alpha value is -3.06. The van der Waals surface area contributed by atoms with Crippen molar-refractivity contribution >= 4 is 11.6 Å². The van der Waals surface area contributed by atoms with Crippen LogP contribution in [0.25, 0.3) is 0 Å². The Bertz CT molecular complexity index is 997. The highest BCUT2D eigenvalue weighted by Crippen LogP contribution is 2.44. The number of aromatic nitrogens is 3. The molecule has 0 amide bonds. The molecule has 1 saturated carbocycles. The second kappa shape index (κ2) is 6.83. The minimum Gasteiger partial charge on any atom is -0.469 e. The topological polar surface area (TPSA) is 90.0 Å². The summed E-state index contributed by atoms with van der Waals surface area (Å²) in [6, 6.07) is 10.7. The first kappa shape index (κ1) is 17.1. The number of hydrogen-bond acceptors (Lipinski definition) is 6. The predicted molar refractivity (Wildman–Crippen MR) is 99.5 cm³/mol. The lowest BCUT2D eigenvalue weighted by Crippen LogP contribution is -2.48. The Morgan fingerprint density at radius 2 is 2.04 bits per heavy atom. The number of carbonyl (C=O) groups is 2. The summed E-state index contributed by atoms with van der Waals surface area (Å²) in [5.74, 6) is -0.708. The zero-order valence-electron chi connectivity index (χ0n) is 15.2. The molecule has 28 heavy (non-hydrogen) atoms. The number of nitrogens with zero attached hydrogens (tertiary/aromatic N) is 3. The fraction of sp³-hybridized carbons (Fsp3) is 0.333. The summed E-state index contributed by atoms with van der Waals surface area (Å²) < 4.78 is 7.11. The van der Waals surface area contributed by atoms with E-state index in [4.69, 9.17) is 4.42 Å². The molecule has 3 heterocycles. The summed E-state index contributed by atoms with van der Waals surface area (Å²) in [4.78, 5) is 30.9. The minimum atomic E-state index is -0.748. The number of nitrogens with one attached hydrogen (secondary N) is 1. The largest absolute Gasteiger partial charge is 0.469 e. The van der Waals surface area contributed by atoms with Crippen molar-refractivity contribution in [2.24, 2.45) is 5.92 Å². The molecule has 2 aromatic heterocycles. The number of ketones is 2. The molecule has 0 saturated heterocycles. The molecule has 4 atom stereocenters. The summed E-state index contributed by atoms with van der Waals surface area (Å²) in [6.45, 7) is 0.744. The maximum atomic E-state index is 13.7. The fourth-order valence-corrected chi connectivity index (χ4v) is 4.62. The Morgan fingerprint density at radius 1 is 1.14 bits per heavy atom. The molecule has 7 nitrogen and oxygen atoms in total. The molecule has 3 aromatic rings. The van der Waals surface area contributed by atoms with Crippen molar-refractivity contribution in [3.05, 3.63) is 72.2 Å². The van der Waals surface area contributed by atoms with Crippen LogP contribution in [-0.4, -0.2) is 32.9 Å². The molecule has 1 fully saturated rings. The number of carbonyl (C=O) groups excluding carboxylic acids is 2. The first-order chi connectivity index (χ1) is 13.7. The Balaban J connectivity index is 1.56. The van der Waals surface area contributed by atoms with Gasteiger partial charge in [0.2, 0.25) is 0 Å². The summed E-state index contributed by atoms with van der Waals surface area (Å²) >= 11 is 0. The lowest BCUT2D eigenvalue weighted by Gasteiger charge is -2.38. The van der Waals surface area contributed by atoms with Gasteiger partial charge in [0.05, 0.1) is 18.1 Å². The third-order valence-corrected chi connectivity index (χ3v) is 5.86. The third-order valence-electron chi connectivity index (χ3n) is 5.86. The molecule has 1 aromatic carbocycles. The Labute approximate surface area is 161 Å². The van der Waals surface area contributed by atoms with Gasteiger partial charge in [0, 0.05) is 12.5 Å². The van der Waals surface area contributed by atoms with Gasteiger partial charge in [-0.25, -0.2) is 9.67 Å². The van der Waals surface area contributed by atoms with Crippen LogP contribution >= 0.6 is 0 Å². The van der Waals surface area contributed by atoms with Crippen LogP contribution in [-0.2, 0) is 16.0 Å². The molecule has 0 spiro atoms. The molecule has 1 N–H and O–H groups in total. The summed E-state index contributed by atoms with van der Waals surface area (Å²) in [6.07, 6.45) is 5.63. The molecular formula is C21H20N4O3. The molecule has 0 radical (unpaired) electrons. The van der Waals surface area contributed by atoms with Gasteiger partial charge in [0.15, 0.2) is 5.78 Å². The fourth-order valence-electron chi connectivity index (χ4n) is 4.62. The van der Waals surface area contributed by atoms with Gasteiger partial charge in [-0.2, -0.15) is 5.10 Å². The lowest BCUT2D eigenvalue weighted by molar-refractivity contribution is -0.141. The van der Waals surface area contributed by atoms with Crippen molar-refractivity contribution < 1.29 is 14.0 Å². The normalized spacial score (nSPS) is 27.6. The van der Waals surface area contributed by atoms with Crippen molar-refractivity contribution in [1.29, 1.82) is 0 Å². The molecule has 1 aliphatic carbocycles. The minimum absolute atomic E-state index is 0.0584. The van der Waals surface area contributed by atoms with E-state index in [0.717, 1.165) is 18.5 Å². The maximum Gasteiger partial charge on any atom is 0.170 e. The van der Waals surface area contributed by atoms with Gasteiger partial charge in [-0.05, 0) is 36.2 Å². The quantitative estimate of drug-likeness (QED) is 0.705. The van der Waals surface area contributed by atoms with E-state index in [1.165, 1.54) is 18.2 Å². The van der Waals surface area contributed by atoms with Gasteiger partial charge >= 0.3 is 0 Å². The predicted octanol–water partition coefficient (Wildman–Crippen LogP) is 2.24. The van der Waals surface area contributed by atoms with Crippen LogP contribution in [0.3, 0.4) is 0 Å².